The molecule has 0 radical (unpaired) electrons. The van der Waals surface area contributed by atoms with Crippen molar-refractivity contribution in [2.45, 2.75) is 77.6 Å². The Bertz CT molecular complexity index is 223. The molecule has 0 aliphatic carbocycles. The number of likely N-dealkylation sites (N-methyl/N-ethyl adjacent to an activating group) is 1. The van der Waals surface area contributed by atoms with E-state index in [9.17, 15) is 4.79 Å². The predicted molar refractivity (Wildman–Crippen MR) is 79.7 cm³/mol. The molecule has 18 heavy (non-hydrogen) atoms. The lowest BCUT2D eigenvalue weighted by Gasteiger charge is -2.04. The van der Waals surface area contributed by atoms with Gasteiger partial charge < -0.3 is 5.32 Å². The minimum Gasteiger partial charge on any atom is -0.355 e. The van der Waals surface area contributed by atoms with Crippen LogP contribution in [0.5, 0.6) is 0 Å². The van der Waals surface area contributed by atoms with Gasteiger partial charge in [-0.1, -0.05) is 71.3 Å². The van der Waals surface area contributed by atoms with Crippen LogP contribution in [0.15, 0.2) is 12.2 Å². The molecule has 106 valence electrons. The standard InChI is InChI=1S/C16H31NO/c1-4-5-6-7-8-9-10-11-12-13-14-15(2)16(18)17-3/h2,4-14H2,1,3H3,(H,17,18). The highest BCUT2D eigenvalue weighted by molar-refractivity contribution is 5.92. The Hall–Kier alpha value is -0.790. The van der Waals surface area contributed by atoms with E-state index in [0.717, 1.165) is 18.4 Å². The van der Waals surface area contributed by atoms with Gasteiger partial charge in [-0.05, 0) is 12.8 Å². The quantitative estimate of drug-likeness (QED) is 0.400. The molecule has 0 unspecified atom stereocenters. The third-order valence-electron chi connectivity index (χ3n) is 3.38. The maximum absolute atomic E-state index is 11.2. The van der Waals surface area contributed by atoms with E-state index in [1.165, 1.54) is 57.8 Å². The van der Waals surface area contributed by atoms with Crippen molar-refractivity contribution in [3.8, 4) is 0 Å². The number of carbonyl (C=O) groups excluding carboxylic acids is 1. The van der Waals surface area contributed by atoms with Gasteiger partial charge in [-0.2, -0.15) is 0 Å². The fourth-order valence-electron chi connectivity index (χ4n) is 2.12. The number of unbranched alkanes of at least 4 members (excludes halogenated alkanes) is 9. The van der Waals surface area contributed by atoms with E-state index >= 15 is 0 Å². The number of amides is 1. The molecule has 0 saturated carbocycles. The van der Waals surface area contributed by atoms with Gasteiger partial charge in [-0.15, -0.1) is 0 Å². The first-order valence-electron chi connectivity index (χ1n) is 7.62. The average Bonchev–Trinajstić information content (AvgIpc) is 2.39. The average molecular weight is 253 g/mol. The van der Waals surface area contributed by atoms with Crippen LogP contribution in [0.25, 0.3) is 0 Å². The normalized spacial score (nSPS) is 10.3. The minimum absolute atomic E-state index is 0.00840. The summed E-state index contributed by atoms with van der Waals surface area (Å²) < 4.78 is 0. The Morgan fingerprint density at radius 3 is 1.78 bits per heavy atom. The van der Waals surface area contributed by atoms with Crippen molar-refractivity contribution in [2.24, 2.45) is 0 Å². The number of hydrogen-bond donors (Lipinski definition) is 1. The Kier molecular flexibility index (Phi) is 12.1. The lowest BCUT2D eigenvalue weighted by Crippen LogP contribution is -2.19. The van der Waals surface area contributed by atoms with Crippen molar-refractivity contribution < 1.29 is 4.79 Å². The van der Waals surface area contributed by atoms with E-state index in [-0.39, 0.29) is 5.91 Å². The predicted octanol–water partition coefficient (Wildman–Crippen LogP) is 4.60. The zero-order valence-electron chi connectivity index (χ0n) is 12.4. The maximum atomic E-state index is 11.2. The maximum Gasteiger partial charge on any atom is 0.246 e. The Labute approximate surface area is 113 Å². The summed E-state index contributed by atoms with van der Waals surface area (Å²) in [6.07, 6.45) is 14.1. The number of nitrogens with one attached hydrogen (secondary N) is 1. The van der Waals surface area contributed by atoms with Crippen molar-refractivity contribution >= 4 is 5.91 Å². The molecular weight excluding hydrogens is 222 g/mol. The summed E-state index contributed by atoms with van der Waals surface area (Å²) in [6, 6.07) is 0. The summed E-state index contributed by atoms with van der Waals surface area (Å²) in [5.74, 6) is -0.00840. The second-order valence-corrected chi connectivity index (χ2v) is 5.11. The second-order valence-electron chi connectivity index (χ2n) is 5.11. The minimum atomic E-state index is -0.00840. The van der Waals surface area contributed by atoms with Crippen molar-refractivity contribution in [3.05, 3.63) is 12.2 Å². The summed E-state index contributed by atoms with van der Waals surface area (Å²) in [5, 5.41) is 2.61. The van der Waals surface area contributed by atoms with Gasteiger partial charge in [0.05, 0.1) is 0 Å². The summed E-state index contributed by atoms with van der Waals surface area (Å²) in [7, 11) is 1.66. The van der Waals surface area contributed by atoms with E-state index in [1.54, 1.807) is 7.05 Å². The molecule has 0 bridgehead atoms. The van der Waals surface area contributed by atoms with E-state index in [0.29, 0.717) is 0 Å². The monoisotopic (exact) mass is 253 g/mol. The molecule has 0 atom stereocenters. The van der Waals surface area contributed by atoms with E-state index in [4.69, 9.17) is 0 Å². The molecule has 0 aliphatic rings. The van der Waals surface area contributed by atoms with Crippen molar-refractivity contribution in [1.82, 2.24) is 5.32 Å². The Morgan fingerprint density at radius 1 is 0.889 bits per heavy atom. The van der Waals surface area contributed by atoms with E-state index < -0.39 is 0 Å². The molecule has 0 aromatic heterocycles. The van der Waals surface area contributed by atoms with Crippen LogP contribution >= 0.6 is 0 Å². The Morgan fingerprint density at radius 2 is 1.33 bits per heavy atom. The smallest absolute Gasteiger partial charge is 0.246 e. The fraction of sp³-hybridized carbons (Fsp3) is 0.812. The van der Waals surface area contributed by atoms with Crippen LogP contribution in [0.1, 0.15) is 77.6 Å². The highest BCUT2D eigenvalue weighted by Crippen LogP contribution is 2.12. The van der Waals surface area contributed by atoms with Gasteiger partial charge >= 0.3 is 0 Å². The molecule has 0 aromatic carbocycles. The van der Waals surface area contributed by atoms with Gasteiger partial charge in [0.1, 0.15) is 0 Å². The highest BCUT2D eigenvalue weighted by Gasteiger charge is 2.02. The van der Waals surface area contributed by atoms with Crippen molar-refractivity contribution in [3.63, 3.8) is 0 Å². The molecule has 1 amide bonds. The van der Waals surface area contributed by atoms with Crippen LogP contribution < -0.4 is 5.32 Å². The lowest BCUT2D eigenvalue weighted by atomic mass is 10.0. The molecule has 0 spiro atoms. The molecule has 2 nitrogen and oxygen atoms in total. The zero-order chi connectivity index (χ0) is 13.6. The third-order valence-corrected chi connectivity index (χ3v) is 3.38. The first kappa shape index (κ1) is 17.2. The fourth-order valence-corrected chi connectivity index (χ4v) is 2.12. The van der Waals surface area contributed by atoms with Gasteiger partial charge in [0, 0.05) is 12.6 Å². The molecule has 0 saturated heterocycles. The molecule has 0 aromatic rings. The van der Waals surface area contributed by atoms with Crippen LogP contribution in [0.4, 0.5) is 0 Å². The van der Waals surface area contributed by atoms with E-state index in [2.05, 4.69) is 18.8 Å². The summed E-state index contributed by atoms with van der Waals surface area (Å²) in [5.41, 5.74) is 0.720. The van der Waals surface area contributed by atoms with Crippen LogP contribution in [-0.2, 0) is 4.79 Å². The molecule has 2 heteroatoms. The molecule has 0 aliphatic heterocycles. The second kappa shape index (κ2) is 12.7. The van der Waals surface area contributed by atoms with Gasteiger partial charge in [0.2, 0.25) is 5.91 Å². The number of carbonyl (C=O) groups is 1. The zero-order valence-corrected chi connectivity index (χ0v) is 12.4. The topological polar surface area (TPSA) is 29.1 Å². The first-order valence-corrected chi connectivity index (χ1v) is 7.62. The number of rotatable bonds is 12. The van der Waals surface area contributed by atoms with Gasteiger partial charge in [0.25, 0.3) is 0 Å². The molecule has 0 rings (SSSR count). The Balaban J connectivity index is 3.16. The summed E-state index contributed by atoms with van der Waals surface area (Å²) in [4.78, 5) is 11.2. The third kappa shape index (κ3) is 10.4. The molecular formula is C16H31NO. The van der Waals surface area contributed by atoms with E-state index in [1.807, 2.05) is 0 Å². The van der Waals surface area contributed by atoms with Crippen LogP contribution in [0.3, 0.4) is 0 Å². The van der Waals surface area contributed by atoms with Crippen molar-refractivity contribution in [2.75, 3.05) is 7.05 Å². The van der Waals surface area contributed by atoms with Crippen LogP contribution in [0.2, 0.25) is 0 Å². The molecule has 0 heterocycles. The van der Waals surface area contributed by atoms with Crippen LogP contribution in [-0.4, -0.2) is 13.0 Å². The van der Waals surface area contributed by atoms with Gasteiger partial charge in [0.15, 0.2) is 0 Å². The first-order chi connectivity index (χ1) is 8.72. The summed E-state index contributed by atoms with van der Waals surface area (Å²) >= 11 is 0. The molecule has 1 N–H and O–H groups in total. The van der Waals surface area contributed by atoms with Crippen LogP contribution in [0, 0.1) is 0 Å². The van der Waals surface area contributed by atoms with Gasteiger partial charge in [-0.25, -0.2) is 0 Å². The van der Waals surface area contributed by atoms with Gasteiger partial charge in [-0.3, -0.25) is 4.79 Å². The number of hydrogen-bond acceptors (Lipinski definition) is 1. The lowest BCUT2D eigenvalue weighted by molar-refractivity contribution is -0.117. The SMILES string of the molecule is C=C(CCCCCCCCCCCC)C(=O)NC. The summed E-state index contributed by atoms with van der Waals surface area (Å²) in [6.45, 7) is 6.05. The largest absolute Gasteiger partial charge is 0.355 e. The molecule has 0 fully saturated rings. The highest BCUT2D eigenvalue weighted by atomic mass is 16.1. The van der Waals surface area contributed by atoms with Crippen molar-refractivity contribution in [1.29, 1.82) is 0 Å².